The molecule has 0 spiro atoms. The van der Waals surface area contributed by atoms with Crippen LogP contribution in [0.15, 0.2) is 35.1 Å². The van der Waals surface area contributed by atoms with E-state index in [0.29, 0.717) is 23.7 Å². The normalized spacial score (nSPS) is 18.4. The molecule has 0 radical (unpaired) electrons. The lowest BCUT2D eigenvalue weighted by Gasteiger charge is -2.32. The Hall–Kier alpha value is -2.63. The Morgan fingerprint density at radius 1 is 1.23 bits per heavy atom. The summed E-state index contributed by atoms with van der Waals surface area (Å²) in [6, 6.07) is 7.76. The number of hydrogen-bond acceptors (Lipinski definition) is 3. The molecule has 1 unspecified atom stereocenters. The van der Waals surface area contributed by atoms with E-state index in [2.05, 4.69) is 4.98 Å². The van der Waals surface area contributed by atoms with E-state index in [0.717, 1.165) is 12.8 Å². The Morgan fingerprint density at radius 2 is 2.00 bits per heavy atom. The van der Waals surface area contributed by atoms with Gasteiger partial charge in [-0.05, 0) is 36.8 Å². The standard InChI is InChI=1S/C16H16N2O4/c19-14-11-6-2-1-5-10(11)9-12(17-14)15(20)18-8-4-3-7-13(18)16(21)22/h1-2,5-6,9,13H,3-4,7-8H2,(H,17,19)(H,21,22). The smallest absolute Gasteiger partial charge is 0.326 e. The van der Waals surface area contributed by atoms with Crippen molar-refractivity contribution in [2.75, 3.05) is 6.54 Å². The maximum Gasteiger partial charge on any atom is 0.326 e. The fraction of sp³-hybridized carbons (Fsp3) is 0.312. The van der Waals surface area contributed by atoms with Crippen LogP contribution >= 0.6 is 0 Å². The van der Waals surface area contributed by atoms with E-state index in [1.165, 1.54) is 4.90 Å². The zero-order chi connectivity index (χ0) is 15.7. The third-order valence-electron chi connectivity index (χ3n) is 4.03. The molecule has 0 saturated carbocycles. The van der Waals surface area contributed by atoms with Crippen LogP contribution in [0.4, 0.5) is 0 Å². The molecule has 1 aromatic heterocycles. The van der Waals surface area contributed by atoms with E-state index in [1.807, 2.05) is 0 Å². The van der Waals surface area contributed by atoms with Crippen molar-refractivity contribution in [3.63, 3.8) is 0 Å². The summed E-state index contributed by atoms with van der Waals surface area (Å²) < 4.78 is 0. The predicted molar refractivity (Wildman–Crippen MR) is 80.9 cm³/mol. The van der Waals surface area contributed by atoms with Crippen LogP contribution in [0.2, 0.25) is 0 Å². The largest absolute Gasteiger partial charge is 0.480 e. The lowest BCUT2D eigenvalue weighted by Crippen LogP contribution is -2.48. The summed E-state index contributed by atoms with van der Waals surface area (Å²) in [6.07, 6.45) is 2.00. The number of hydrogen-bond donors (Lipinski definition) is 2. The molecule has 1 amide bonds. The highest BCUT2D eigenvalue weighted by Gasteiger charge is 2.32. The quantitative estimate of drug-likeness (QED) is 0.881. The molecule has 1 saturated heterocycles. The van der Waals surface area contributed by atoms with E-state index < -0.39 is 17.9 Å². The van der Waals surface area contributed by atoms with Gasteiger partial charge in [-0.15, -0.1) is 0 Å². The summed E-state index contributed by atoms with van der Waals surface area (Å²) in [5.41, 5.74) is -0.206. The number of aromatic amines is 1. The number of carboxylic acid groups (broad SMARTS) is 1. The minimum absolute atomic E-state index is 0.136. The van der Waals surface area contributed by atoms with Crippen LogP contribution in [-0.2, 0) is 4.79 Å². The molecule has 1 atom stereocenters. The van der Waals surface area contributed by atoms with Crippen molar-refractivity contribution in [1.29, 1.82) is 0 Å². The number of aromatic nitrogens is 1. The molecule has 3 rings (SSSR count). The molecule has 1 fully saturated rings. The topological polar surface area (TPSA) is 90.5 Å². The number of pyridine rings is 1. The van der Waals surface area contributed by atoms with Gasteiger partial charge in [0.05, 0.1) is 0 Å². The molecule has 1 aliphatic heterocycles. The molecule has 22 heavy (non-hydrogen) atoms. The molecular formula is C16H16N2O4. The number of carbonyl (C=O) groups excluding carboxylic acids is 1. The second-order valence-corrected chi connectivity index (χ2v) is 5.45. The first-order valence-corrected chi connectivity index (χ1v) is 7.24. The third kappa shape index (κ3) is 2.47. The average molecular weight is 300 g/mol. The minimum Gasteiger partial charge on any atom is -0.480 e. The van der Waals surface area contributed by atoms with Crippen molar-refractivity contribution in [3.8, 4) is 0 Å². The molecule has 2 heterocycles. The number of amides is 1. The van der Waals surface area contributed by atoms with Gasteiger partial charge in [0.25, 0.3) is 11.5 Å². The van der Waals surface area contributed by atoms with Gasteiger partial charge in [0, 0.05) is 11.9 Å². The number of carbonyl (C=O) groups is 2. The predicted octanol–water partition coefficient (Wildman–Crippen LogP) is 1.61. The Kier molecular flexibility index (Phi) is 3.66. The zero-order valence-electron chi connectivity index (χ0n) is 11.9. The number of piperidine rings is 1. The second kappa shape index (κ2) is 5.63. The summed E-state index contributed by atoms with van der Waals surface area (Å²) in [7, 11) is 0. The Morgan fingerprint density at radius 3 is 2.77 bits per heavy atom. The van der Waals surface area contributed by atoms with Crippen LogP contribution in [0.1, 0.15) is 29.8 Å². The maximum absolute atomic E-state index is 12.6. The van der Waals surface area contributed by atoms with Crippen LogP contribution in [0.25, 0.3) is 10.8 Å². The molecule has 2 aromatic rings. The van der Waals surface area contributed by atoms with E-state index >= 15 is 0 Å². The van der Waals surface area contributed by atoms with Gasteiger partial charge < -0.3 is 15.0 Å². The van der Waals surface area contributed by atoms with E-state index in [1.54, 1.807) is 30.3 Å². The monoisotopic (exact) mass is 300 g/mol. The number of nitrogens with one attached hydrogen (secondary N) is 1. The second-order valence-electron chi connectivity index (χ2n) is 5.45. The molecule has 0 bridgehead atoms. The highest BCUT2D eigenvalue weighted by atomic mass is 16.4. The van der Waals surface area contributed by atoms with Gasteiger partial charge in [-0.1, -0.05) is 18.2 Å². The number of fused-ring (bicyclic) bond motifs is 1. The Bertz CT molecular complexity index is 796. The van der Waals surface area contributed by atoms with Gasteiger partial charge in [-0.25, -0.2) is 4.79 Å². The van der Waals surface area contributed by atoms with Crippen LogP contribution in [0, 0.1) is 0 Å². The lowest BCUT2D eigenvalue weighted by molar-refractivity contribution is -0.143. The van der Waals surface area contributed by atoms with Crippen molar-refractivity contribution >= 4 is 22.6 Å². The van der Waals surface area contributed by atoms with Crippen molar-refractivity contribution in [2.45, 2.75) is 25.3 Å². The molecule has 1 aliphatic rings. The molecular weight excluding hydrogens is 284 g/mol. The van der Waals surface area contributed by atoms with Crippen LogP contribution < -0.4 is 5.56 Å². The summed E-state index contributed by atoms with van der Waals surface area (Å²) in [4.78, 5) is 39.9. The van der Waals surface area contributed by atoms with Crippen molar-refractivity contribution in [1.82, 2.24) is 9.88 Å². The van der Waals surface area contributed by atoms with Crippen LogP contribution in [0.5, 0.6) is 0 Å². The summed E-state index contributed by atoms with van der Waals surface area (Å²) in [5, 5.41) is 10.4. The van der Waals surface area contributed by atoms with Gasteiger partial charge >= 0.3 is 5.97 Å². The third-order valence-corrected chi connectivity index (χ3v) is 4.03. The van der Waals surface area contributed by atoms with Crippen LogP contribution in [0.3, 0.4) is 0 Å². The summed E-state index contributed by atoms with van der Waals surface area (Å²) in [5.74, 6) is -1.44. The molecule has 2 N–H and O–H groups in total. The van der Waals surface area contributed by atoms with Gasteiger partial charge in [-0.3, -0.25) is 9.59 Å². The molecule has 114 valence electrons. The number of carboxylic acids is 1. The Labute approximate surface area is 126 Å². The number of H-pyrrole nitrogens is 1. The number of nitrogens with zero attached hydrogens (tertiary/aromatic N) is 1. The fourth-order valence-corrected chi connectivity index (χ4v) is 2.91. The van der Waals surface area contributed by atoms with Gasteiger partial charge in [0.1, 0.15) is 11.7 Å². The number of benzene rings is 1. The van der Waals surface area contributed by atoms with E-state index in [4.69, 9.17) is 0 Å². The van der Waals surface area contributed by atoms with Crippen molar-refractivity contribution in [2.24, 2.45) is 0 Å². The lowest BCUT2D eigenvalue weighted by atomic mass is 10.0. The Balaban J connectivity index is 2.01. The first-order valence-electron chi connectivity index (χ1n) is 7.24. The minimum atomic E-state index is -1.00. The molecule has 6 heteroatoms. The van der Waals surface area contributed by atoms with E-state index in [-0.39, 0.29) is 11.3 Å². The highest BCUT2D eigenvalue weighted by Crippen LogP contribution is 2.20. The van der Waals surface area contributed by atoms with Crippen LogP contribution in [-0.4, -0.2) is 39.5 Å². The van der Waals surface area contributed by atoms with Gasteiger partial charge in [-0.2, -0.15) is 0 Å². The zero-order valence-corrected chi connectivity index (χ0v) is 11.9. The summed E-state index contributed by atoms with van der Waals surface area (Å²) in [6.45, 7) is 0.394. The number of likely N-dealkylation sites (tertiary alicyclic amines) is 1. The maximum atomic E-state index is 12.6. The van der Waals surface area contributed by atoms with Gasteiger partial charge in [0.15, 0.2) is 0 Å². The fourth-order valence-electron chi connectivity index (χ4n) is 2.91. The van der Waals surface area contributed by atoms with Crippen molar-refractivity contribution < 1.29 is 14.7 Å². The van der Waals surface area contributed by atoms with E-state index in [9.17, 15) is 19.5 Å². The molecule has 0 aliphatic carbocycles. The summed E-state index contributed by atoms with van der Waals surface area (Å²) >= 11 is 0. The average Bonchev–Trinajstić information content (AvgIpc) is 2.54. The molecule has 6 nitrogen and oxygen atoms in total. The first kappa shape index (κ1) is 14.3. The first-order chi connectivity index (χ1) is 10.6. The highest BCUT2D eigenvalue weighted by molar-refractivity contribution is 5.98. The number of aliphatic carboxylic acids is 1. The van der Waals surface area contributed by atoms with Crippen molar-refractivity contribution in [3.05, 3.63) is 46.4 Å². The number of rotatable bonds is 2. The molecule has 1 aromatic carbocycles. The SMILES string of the molecule is O=C(O)C1CCCCN1C(=O)c1cc2ccccc2c(=O)[nH]1. The van der Waals surface area contributed by atoms with Gasteiger partial charge in [0.2, 0.25) is 0 Å².